The van der Waals surface area contributed by atoms with Gasteiger partial charge in [-0.1, -0.05) is 0 Å². The molecule has 0 spiro atoms. The van der Waals surface area contributed by atoms with Gasteiger partial charge in [-0.05, 0) is 24.3 Å². The van der Waals surface area contributed by atoms with Gasteiger partial charge < -0.3 is 8.97 Å². The van der Waals surface area contributed by atoms with Crippen molar-refractivity contribution >= 4 is 10.1 Å². The maximum Gasteiger partial charge on any atom is 0.205 e. The Bertz CT molecular complexity index is 1030. The number of furan rings is 1. The van der Waals surface area contributed by atoms with Crippen molar-refractivity contribution in [3.05, 3.63) is 59.9 Å². The van der Waals surface area contributed by atoms with Gasteiger partial charge in [0, 0.05) is 49.2 Å². The molecule has 8 nitrogen and oxygen atoms in total. The lowest BCUT2D eigenvalue weighted by Gasteiger charge is -2.27. The van der Waals surface area contributed by atoms with Crippen LogP contribution in [0.2, 0.25) is 0 Å². The standard InChI is InChI=1S/C17H16N4O4S/c22-26(23,24)16-2-1-14(25-16)11-21-8-5-15-13(10-21)9-19-17(20-15)12-3-6-18-7-4-12/h1-4,6-7,9H,5,8,10-11H2,(H,22,23,24)/p-1. The van der Waals surface area contributed by atoms with E-state index in [1.807, 2.05) is 18.3 Å². The molecule has 0 radical (unpaired) electrons. The van der Waals surface area contributed by atoms with Crippen LogP contribution in [0.5, 0.6) is 0 Å². The first kappa shape index (κ1) is 16.8. The minimum atomic E-state index is -4.56. The molecule has 9 heteroatoms. The number of pyridine rings is 1. The van der Waals surface area contributed by atoms with Gasteiger partial charge in [-0.25, -0.2) is 18.4 Å². The van der Waals surface area contributed by atoms with E-state index in [-0.39, 0.29) is 0 Å². The molecule has 0 amide bonds. The molecule has 0 unspecified atom stereocenters. The Kier molecular flexibility index (Phi) is 4.27. The van der Waals surface area contributed by atoms with E-state index in [4.69, 9.17) is 4.42 Å². The molecule has 26 heavy (non-hydrogen) atoms. The second-order valence-corrected chi connectivity index (χ2v) is 7.35. The van der Waals surface area contributed by atoms with Gasteiger partial charge in [0.15, 0.2) is 15.9 Å². The second kappa shape index (κ2) is 6.60. The van der Waals surface area contributed by atoms with Crippen LogP contribution in [-0.2, 0) is 29.6 Å². The number of rotatable bonds is 4. The molecule has 3 aromatic rings. The summed E-state index contributed by atoms with van der Waals surface area (Å²) in [7, 11) is -4.56. The van der Waals surface area contributed by atoms with Crippen molar-refractivity contribution in [2.75, 3.05) is 6.54 Å². The van der Waals surface area contributed by atoms with Gasteiger partial charge in [0.1, 0.15) is 5.76 Å². The van der Waals surface area contributed by atoms with E-state index in [2.05, 4.69) is 19.9 Å². The van der Waals surface area contributed by atoms with E-state index >= 15 is 0 Å². The molecule has 0 bridgehead atoms. The molecular formula is C17H15N4O4S-. The summed E-state index contributed by atoms with van der Waals surface area (Å²) < 4.78 is 38.0. The maximum absolute atomic E-state index is 11.0. The average Bonchev–Trinajstić information content (AvgIpc) is 3.11. The summed E-state index contributed by atoms with van der Waals surface area (Å²) in [6.45, 7) is 1.80. The summed E-state index contributed by atoms with van der Waals surface area (Å²) in [5.74, 6) is 1.12. The third-order valence-corrected chi connectivity index (χ3v) is 4.93. The Morgan fingerprint density at radius 2 is 2.00 bits per heavy atom. The topological polar surface area (TPSA) is 112 Å². The van der Waals surface area contributed by atoms with Crippen LogP contribution in [0.4, 0.5) is 0 Å². The van der Waals surface area contributed by atoms with Gasteiger partial charge in [-0.2, -0.15) is 0 Å². The number of hydrogen-bond donors (Lipinski definition) is 0. The number of hydrogen-bond acceptors (Lipinski definition) is 8. The van der Waals surface area contributed by atoms with Crippen molar-refractivity contribution in [2.45, 2.75) is 24.6 Å². The highest BCUT2D eigenvalue weighted by atomic mass is 32.2. The zero-order chi connectivity index (χ0) is 18.1. The van der Waals surface area contributed by atoms with E-state index in [0.29, 0.717) is 24.7 Å². The van der Waals surface area contributed by atoms with E-state index < -0.39 is 15.2 Å². The van der Waals surface area contributed by atoms with Gasteiger partial charge in [0.25, 0.3) is 0 Å². The minimum absolute atomic E-state index is 0.418. The average molecular weight is 371 g/mol. The summed E-state index contributed by atoms with van der Waals surface area (Å²) >= 11 is 0. The molecule has 0 N–H and O–H groups in total. The maximum atomic E-state index is 11.0. The normalized spacial score (nSPS) is 15.0. The van der Waals surface area contributed by atoms with Gasteiger partial charge >= 0.3 is 0 Å². The highest BCUT2D eigenvalue weighted by Gasteiger charge is 2.20. The first-order valence-corrected chi connectivity index (χ1v) is 9.42. The van der Waals surface area contributed by atoms with Crippen molar-refractivity contribution in [1.29, 1.82) is 0 Å². The molecule has 0 aliphatic carbocycles. The zero-order valence-corrected chi connectivity index (χ0v) is 14.5. The van der Waals surface area contributed by atoms with Gasteiger partial charge in [0.05, 0.1) is 12.2 Å². The molecule has 0 saturated carbocycles. The predicted molar refractivity (Wildman–Crippen MR) is 89.8 cm³/mol. The van der Waals surface area contributed by atoms with E-state index in [1.165, 1.54) is 12.1 Å². The van der Waals surface area contributed by atoms with Crippen LogP contribution in [0, 0.1) is 0 Å². The van der Waals surface area contributed by atoms with Crippen LogP contribution in [-0.4, -0.2) is 39.4 Å². The molecule has 1 aliphatic rings. The van der Waals surface area contributed by atoms with Gasteiger partial charge in [-0.3, -0.25) is 9.88 Å². The predicted octanol–water partition coefficient (Wildman–Crippen LogP) is 1.59. The Morgan fingerprint density at radius 1 is 1.19 bits per heavy atom. The van der Waals surface area contributed by atoms with E-state index in [0.717, 1.165) is 29.8 Å². The molecule has 0 atom stereocenters. The van der Waals surface area contributed by atoms with Crippen LogP contribution in [0.3, 0.4) is 0 Å². The summed E-state index contributed by atoms with van der Waals surface area (Å²) in [6.07, 6.45) is 5.99. The lowest BCUT2D eigenvalue weighted by molar-refractivity contribution is 0.216. The summed E-state index contributed by atoms with van der Waals surface area (Å²) in [4.78, 5) is 15.2. The summed E-state index contributed by atoms with van der Waals surface area (Å²) in [5.41, 5.74) is 2.95. The molecule has 0 fully saturated rings. The fourth-order valence-corrected chi connectivity index (χ4v) is 3.39. The number of aromatic nitrogens is 3. The largest absolute Gasteiger partial charge is 0.742 e. The van der Waals surface area contributed by atoms with Crippen LogP contribution in [0.25, 0.3) is 11.4 Å². The molecular weight excluding hydrogens is 356 g/mol. The van der Waals surface area contributed by atoms with Crippen LogP contribution in [0.1, 0.15) is 17.0 Å². The monoisotopic (exact) mass is 371 g/mol. The Hall–Kier alpha value is -2.62. The molecule has 4 heterocycles. The lowest BCUT2D eigenvalue weighted by atomic mass is 10.1. The zero-order valence-electron chi connectivity index (χ0n) is 13.7. The van der Waals surface area contributed by atoms with Gasteiger partial charge in [-0.15, -0.1) is 0 Å². The highest BCUT2D eigenvalue weighted by Crippen LogP contribution is 2.23. The Balaban J connectivity index is 1.49. The number of nitrogens with zero attached hydrogens (tertiary/aromatic N) is 4. The van der Waals surface area contributed by atoms with Crippen molar-refractivity contribution in [3.8, 4) is 11.4 Å². The van der Waals surface area contributed by atoms with Crippen LogP contribution in [0.15, 0.2) is 52.4 Å². The molecule has 0 aromatic carbocycles. The Morgan fingerprint density at radius 3 is 2.73 bits per heavy atom. The molecule has 134 valence electrons. The Labute approximate surface area is 150 Å². The van der Waals surface area contributed by atoms with E-state index in [9.17, 15) is 13.0 Å². The van der Waals surface area contributed by atoms with Crippen molar-refractivity contribution in [3.63, 3.8) is 0 Å². The molecule has 0 saturated heterocycles. The quantitative estimate of drug-likeness (QED) is 0.636. The summed E-state index contributed by atoms with van der Waals surface area (Å²) in [5, 5.41) is -0.546. The third kappa shape index (κ3) is 3.50. The third-order valence-electron chi connectivity index (χ3n) is 4.21. The van der Waals surface area contributed by atoms with Crippen molar-refractivity contribution < 1.29 is 17.4 Å². The summed E-state index contributed by atoms with van der Waals surface area (Å²) in [6, 6.07) is 6.45. The minimum Gasteiger partial charge on any atom is -0.742 e. The number of fused-ring (bicyclic) bond motifs is 1. The fraction of sp³-hybridized carbons (Fsp3) is 0.235. The SMILES string of the molecule is O=S(=O)([O-])c1ccc(CN2CCc3nc(-c4ccncc4)ncc3C2)o1. The smallest absolute Gasteiger partial charge is 0.205 e. The van der Waals surface area contributed by atoms with E-state index in [1.54, 1.807) is 12.4 Å². The van der Waals surface area contributed by atoms with Gasteiger partial charge in [0.2, 0.25) is 5.09 Å². The molecule has 3 aromatic heterocycles. The first-order chi connectivity index (χ1) is 12.5. The van der Waals surface area contributed by atoms with Crippen molar-refractivity contribution in [1.82, 2.24) is 19.9 Å². The first-order valence-electron chi connectivity index (χ1n) is 8.01. The second-order valence-electron chi connectivity index (χ2n) is 6.04. The van der Waals surface area contributed by atoms with Crippen molar-refractivity contribution in [2.24, 2.45) is 0 Å². The highest BCUT2D eigenvalue weighted by molar-refractivity contribution is 7.85. The lowest BCUT2D eigenvalue weighted by Crippen LogP contribution is -2.30. The molecule has 4 rings (SSSR count). The fourth-order valence-electron chi connectivity index (χ4n) is 2.95. The van der Waals surface area contributed by atoms with Crippen LogP contribution >= 0.6 is 0 Å². The molecule has 1 aliphatic heterocycles. The van der Waals surface area contributed by atoms with Crippen LogP contribution < -0.4 is 0 Å².